The first-order valence-electron chi connectivity index (χ1n) is 8.99. The van der Waals surface area contributed by atoms with Crippen molar-refractivity contribution in [1.29, 1.82) is 0 Å². The third kappa shape index (κ3) is 5.07. The molecule has 1 aliphatic heterocycles. The average Bonchev–Trinajstić information content (AvgIpc) is 2.84. The summed E-state index contributed by atoms with van der Waals surface area (Å²) >= 11 is 0. The number of carbonyl (C=O) groups excluding carboxylic acids is 1. The van der Waals surface area contributed by atoms with Gasteiger partial charge in [-0.3, -0.25) is 9.69 Å². The summed E-state index contributed by atoms with van der Waals surface area (Å²) in [4.78, 5) is 16.7. The summed E-state index contributed by atoms with van der Waals surface area (Å²) in [5, 5.41) is 10.3. The van der Waals surface area contributed by atoms with Crippen LogP contribution >= 0.6 is 0 Å². The summed E-state index contributed by atoms with van der Waals surface area (Å²) in [7, 11) is 1.62. The number of β-amino-alcohol motifs (C(OH)–C–C–N with tert-alkyl or cyclic N) is 1. The van der Waals surface area contributed by atoms with Gasteiger partial charge in [0.05, 0.1) is 19.6 Å². The number of nitrogens with zero attached hydrogens (tertiary/aromatic N) is 2. The number of aliphatic hydroxyl groups excluding tert-OH is 1. The second kappa shape index (κ2) is 8.83. The molecule has 1 saturated heterocycles. The van der Waals surface area contributed by atoms with Crippen molar-refractivity contribution in [3.8, 4) is 5.75 Å². The van der Waals surface area contributed by atoms with Gasteiger partial charge in [-0.1, -0.05) is 42.5 Å². The average molecular weight is 354 g/mol. The van der Waals surface area contributed by atoms with Gasteiger partial charge in [0.1, 0.15) is 5.75 Å². The molecular weight excluding hydrogens is 328 g/mol. The molecule has 1 heterocycles. The summed E-state index contributed by atoms with van der Waals surface area (Å²) in [5.74, 6) is 0.791. The molecule has 3 rings (SSSR count). The van der Waals surface area contributed by atoms with E-state index in [-0.39, 0.29) is 5.91 Å². The van der Waals surface area contributed by atoms with Crippen LogP contribution in [0.4, 0.5) is 0 Å². The van der Waals surface area contributed by atoms with Crippen molar-refractivity contribution in [1.82, 2.24) is 9.80 Å². The van der Waals surface area contributed by atoms with Gasteiger partial charge in [0.25, 0.3) is 0 Å². The number of amides is 1. The SMILES string of the molecule is COc1cccc(CC(=O)N2CCN(Cc3ccccc3)CC(O)C2)c1. The number of benzene rings is 2. The van der Waals surface area contributed by atoms with Gasteiger partial charge in [-0.05, 0) is 23.3 Å². The maximum Gasteiger partial charge on any atom is 0.227 e. The van der Waals surface area contributed by atoms with Gasteiger partial charge in [-0.25, -0.2) is 0 Å². The maximum absolute atomic E-state index is 12.7. The standard InChI is InChI=1S/C21H26N2O3/c1-26-20-9-5-8-18(12-20)13-21(25)23-11-10-22(15-19(24)16-23)14-17-6-3-2-4-7-17/h2-9,12,19,24H,10-11,13-16H2,1H3. The van der Waals surface area contributed by atoms with Crippen LogP contribution in [0.15, 0.2) is 54.6 Å². The Kier molecular flexibility index (Phi) is 6.26. The lowest BCUT2D eigenvalue weighted by atomic mass is 10.1. The Labute approximate surface area is 154 Å². The lowest BCUT2D eigenvalue weighted by Gasteiger charge is -2.22. The molecule has 2 aromatic rings. The molecular formula is C21H26N2O3. The number of aliphatic hydroxyl groups is 1. The van der Waals surface area contributed by atoms with Crippen molar-refractivity contribution in [3.63, 3.8) is 0 Å². The van der Waals surface area contributed by atoms with E-state index in [1.807, 2.05) is 42.5 Å². The van der Waals surface area contributed by atoms with Gasteiger partial charge in [0.15, 0.2) is 0 Å². The Bertz CT molecular complexity index is 720. The van der Waals surface area contributed by atoms with E-state index in [0.717, 1.165) is 24.4 Å². The zero-order chi connectivity index (χ0) is 18.4. The van der Waals surface area contributed by atoms with Crippen LogP contribution < -0.4 is 4.74 Å². The van der Waals surface area contributed by atoms with E-state index in [1.54, 1.807) is 12.0 Å². The summed E-state index contributed by atoms with van der Waals surface area (Å²) in [5.41, 5.74) is 2.14. The van der Waals surface area contributed by atoms with Crippen LogP contribution in [-0.2, 0) is 17.8 Å². The summed E-state index contributed by atoms with van der Waals surface area (Å²) in [6.07, 6.45) is -0.210. The fourth-order valence-corrected chi connectivity index (χ4v) is 3.34. The first-order chi connectivity index (χ1) is 12.6. The molecule has 1 aliphatic rings. The summed E-state index contributed by atoms with van der Waals surface area (Å²) in [6, 6.07) is 17.8. The quantitative estimate of drug-likeness (QED) is 0.892. The zero-order valence-corrected chi connectivity index (χ0v) is 15.2. The van der Waals surface area contributed by atoms with Crippen molar-refractivity contribution in [2.24, 2.45) is 0 Å². The molecule has 138 valence electrons. The molecule has 1 amide bonds. The van der Waals surface area contributed by atoms with Crippen LogP contribution in [0.1, 0.15) is 11.1 Å². The minimum atomic E-state index is -0.532. The molecule has 1 N–H and O–H groups in total. The van der Waals surface area contributed by atoms with E-state index >= 15 is 0 Å². The van der Waals surface area contributed by atoms with Gasteiger partial charge in [0.2, 0.25) is 5.91 Å². The Hall–Kier alpha value is -2.37. The largest absolute Gasteiger partial charge is 0.497 e. The van der Waals surface area contributed by atoms with E-state index in [9.17, 15) is 9.90 Å². The van der Waals surface area contributed by atoms with Crippen LogP contribution in [0, 0.1) is 0 Å². The second-order valence-corrected chi connectivity index (χ2v) is 6.74. The second-order valence-electron chi connectivity index (χ2n) is 6.74. The first-order valence-corrected chi connectivity index (χ1v) is 8.99. The number of rotatable bonds is 5. The summed E-state index contributed by atoms with van der Waals surface area (Å²) in [6.45, 7) is 3.14. The number of hydrogen-bond donors (Lipinski definition) is 1. The highest BCUT2D eigenvalue weighted by molar-refractivity contribution is 5.79. The molecule has 1 fully saturated rings. The zero-order valence-electron chi connectivity index (χ0n) is 15.2. The molecule has 0 aliphatic carbocycles. The topological polar surface area (TPSA) is 53.0 Å². The molecule has 0 spiro atoms. The van der Waals surface area contributed by atoms with Crippen LogP contribution in [0.5, 0.6) is 5.75 Å². The van der Waals surface area contributed by atoms with E-state index < -0.39 is 6.10 Å². The molecule has 0 bridgehead atoms. The van der Waals surface area contributed by atoms with Gasteiger partial charge in [0, 0.05) is 32.7 Å². The van der Waals surface area contributed by atoms with Gasteiger partial charge in [-0.15, -0.1) is 0 Å². The monoisotopic (exact) mass is 354 g/mol. The van der Waals surface area contributed by atoms with Crippen molar-refractivity contribution >= 4 is 5.91 Å². The van der Waals surface area contributed by atoms with Gasteiger partial charge < -0.3 is 14.7 Å². The Balaban J connectivity index is 1.59. The number of carbonyl (C=O) groups is 1. The van der Waals surface area contributed by atoms with Crippen LogP contribution in [0.25, 0.3) is 0 Å². The molecule has 0 radical (unpaired) electrons. The molecule has 2 aromatic carbocycles. The van der Waals surface area contributed by atoms with E-state index in [2.05, 4.69) is 17.0 Å². The minimum absolute atomic E-state index is 0.0406. The molecule has 26 heavy (non-hydrogen) atoms. The third-order valence-corrected chi connectivity index (χ3v) is 4.68. The molecule has 0 saturated carbocycles. The normalized spacial score (nSPS) is 18.4. The third-order valence-electron chi connectivity index (χ3n) is 4.68. The highest BCUT2D eigenvalue weighted by Gasteiger charge is 2.24. The van der Waals surface area contributed by atoms with E-state index in [4.69, 9.17) is 4.74 Å². The highest BCUT2D eigenvalue weighted by Crippen LogP contribution is 2.15. The molecule has 1 atom stereocenters. The lowest BCUT2D eigenvalue weighted by Crippen LogP contribution is -2.38. The van der Waals surface area contributed by atoms with Gasteiger partial charge >= 0.3 is 0 Å². The lowest BCUT2D eigenvalue weighted by molar-refractivity contribution is -0.131. The number of methoxy groups -OCH3 is 1. The Morgan fingerprint density at radius 3 is 2.62 bits per heavy atom. The minimum Gasteiger partial charge on any atom is -0.497 e. The highest BCUT2D eigenvalue weighted by atomic mass is 16.5. The first kappa shape index (κ1) is 18.4. The number of hydrogen-bond acceptors (Lipinski definition) is 4. The molecule has 5 heteroatoms. The van der Waals surface area contributed by atoms with Crippen molar-refractivity contribution < 1.29 is 14.6 Å². The fraction of sp³-hybridized carbons (Fsp3) is 0.381. The van der Waals surface area contributed by atoms with Crippen LogP contribution in [0.3, 0.4) is 0 Å². The maximum atomic E-state index is 12.7. The van der Waals surface area contributed by atoms with Crippen molar-refractivity contribution in [3.05, 3.63) is 65.7 Å². The summed E-state index contributed by atoms with van der Waals surface area (Å²) < 4.78 is 5.22. The van der Waals surface area contributed by atoms with Crippen LogP contribution in [-0.4, -0.2) is 60.2 Å². The predicted octanol–water partition coefficient (Wildman–Crippen LogP) is 1.94. The predicted molar refractivity (Wildman–Crippen MR) is 101 cm³/mol. The number of ether oxygens (including phenoxy) is 1. The molecule has 0 aromatic heterocycles. The smallest absolute Gasteiger partial charge is 0.227 e. The molecule has 5 nitrogen and oxygen atoms in total. The van der Waals surface area contributed by atoms with Crippen LogP contribution in [0.2, 0.25) is 0 Å². The van der Waals surface area contributed by atoms with Crippen molar-refractivity contribution in [2.45, 2.75) is 19.1 Å². The van der Waals surface area contributed by atoms with E-state index in [1.165, 1.54) is 5.56 Å². The van der Waals surface area contributed by atoms with E-state index in [0.29, 0.717) is 26.1 Å². The van der Waals surface area contributed by atoms with Gasteiger partial charge in [-0.2, -0.15) is 0 Å². The van der Waals surface area contributed by atoms with Crippen molar-refractivity contribution in [2.75, 3.05) is 33.3 Å². The molecule has 1 unspecified atom stereocenters. The Morgan fingerprint density at radius 2 is 1.85 bits per heavy atom. The Morgan fingerprint density at radius 1 is 1.08 bits per heavy atom. The fourth-order valence-electron chi connectivity index (χ4n) is 3.34.